The van der Waals surface area contributed by atoms with E-state index in [4.69, 9.17) is 0 Å². The van der Waals surface area contributed by atoms with E-state index >= 15 is 0 Å². The second-order valence-corrected chi connectivity index (χ2v) is 7.13. The number of hydrogen-bond donors (Lipinski definition) is 0. The summed E-state index contributed by atoms with van der Waals surface area (Å²) in [6, 6.07) is 24.1. The molecule has 30 heavy (non-hydrogen) atoms. The number of fused-ring (bicyclic) bond motifs is 1. The van der Waals surface area contributed by atoms with Gasteiger partial charge in [-0.3, -0.25) is 0 Å². The first kappa shape index (κ1) is 19.7. The highest BCUT2D eigenvalue weighted by molar-refractivity contribution is 5.99. The number of unbranched alkanes of at least 4 members (excludes halogenated alkanes) is 2. The van der Waals surface area contributed by atoms with E-state index in [1.54, 1.807) is 0 Å². The highest BCUT2D eigenvalue weighted by atomic mass is 15.1. The molecule has 0 saturated heterocycles. The summed E-state index contributed by atoms with van der Waals surface area (Å²) in [7, 11) is 0. The van der Waals surface area contributed by atoms with Crippen molar-refractivity contribution in [2.45, 2.75) is 26.2 Å². The molecule has 150 valence electrons. The fraction of sp³-hybridized carbons (Fsp3) is 0.200. The summed E-state index contributed by atoms with van der Waals surface area (Å²) in [4.78, 5) is 0. The highest BCUT2D eigenvalue weighted by Crippen LogP contribution is 2.34. The van der Waals surface area contributed by atoms with E-state index in [1.165, 1.54) is 12.8 Å². The Morgan fingerprint density at radius 2 is 1.33 bits per heavy atom. The average Bonchev–Trinajstić information content (AvgIpc) is 3.33. The normalized spacial score (nSPS) is 11.8. The fourth-order valence-corrected chi connectivity index (χ4v) is 3.31. The summed E-state index contributed by atoms with van der Waals surface area (Å²) in [6.45, 7) is 2.96. The van der Waals surface area contributed by atoms with Crippen LogP contribution in [0.4, 0.5) is 17.1 Å². The van der Waals surface area contributed by atoms with Gasteiger partial charge in [-0.2, -0.15) is 15.3 Å². The SMILES string of the molecule is CCCCCN=Nc1ccc(N=Nc2ccc(-n3cccc3)cc2)c2ccccc12. The van der Waals surface area contributed by atoms with Crippen LogP contribution < -0.4 is 0 Å². The Morgan fingerprint density at radius 3 is 2.00 bits per heavy atom. The quantitative estimate of drug-likeness (QED) is 0.213. The first-order chi connectivity index (χ1) is 14.8. The molecule has 0 N–H and O–H groups in total. The van der Waals surface area contributed by atoms with Crippen LogP contribution in [0.15, 0.2) is 106 Å². The van der Waals surface area contributed by atoms with Gasteiger partial charge in [0.25, 0.3) is 0 Å². The Kier molecular flexibility index (Phi) is 6.40. The predicted octanol–water partition coefficient (Wildman–Crippen LogP) is 8.32. The first-order valence-corrected chi connectivity index (χ1v) is 10.4. The summed E-state index contributed by atoms with van der Waals surface area (Å²) < 4.78 is 2.06. The van der Waals surface area contributed by atoms with Crippen molar-refractivity contribution in [3.63, 3.8) is 0 Å². The molecule has 1 heterocycles. The van der Waals surface area contributed by atoms with E-state index in [2.05, 4.69) is 44.1 Å². The Balaban J connectivity index is 1.55. The molecular weight excluding hydrogens is 370 g/mol. The summed E-state index contributed by atoms with van der Waals surface area (Å²) in [5.41, 5.74) is 3.61. The van der Waals surface area contributed by atoms with Crippen molar-refractivity contribution in [1.29, 1.82) is 0 Å². The zero-order valence-electron chi connectivity index (χ0n) is 17.1. The zero-order chi connectivity index (χ0) is 20.6. The number of rotatable bonds is 8. The molecule has 0 amide bonds. The minimum atomic E-state index is 0.767. The standard InChI is InChI=1S/C25H25N5/c1-2-3-6-17-26-28-24-15-16-25(23-10-5-4-9-22(23)24)29-27-20-11-13-21(14-12-20)30-18-7-8-19-30/h4-5,7-16,18-19H,2-3,6,17H2,1H3. The van der Waals surface area contributed by atoms with E-state index in [1.807, 2.05) is 73.1 Å². The highest BCUT2D eigenvalue weighted by Gasteiger charge is 2.05. The van der Waals surface area contributed by atoms with Crippen molar-refractivity contribution >= 4 is 27.8 Å². The molecule has 0 aliphatic heterocycles. The molecule has 0 radical (unpaired) electrons. The number of azo groups is 2. The largest absolute Gasteiger partial charge is 0.324 e. The van der Waals surface area contributed by atoms with Crippen LogP contribution in [-0.2, 0) is 0 Å². The molecule has 4 rings (SSSR count). The molecule has 0 spiro atoms. The van der Waals surface area contributed by atoms with Crippen molar-refractivity contribution in [3.05, 3.63) is 85.2 Å². The van der Waals surface area contributed by atoms with Gasteiger partial charge in [-0.1, -0.05) is 44.0 Å². The third kappa shape index (κ3) is 4.69. The second kappa shape index (κ2) is 9.74. The number of aromatic nitrogens is 1. The average molecular weight is 396 g/mol. The summed E-state index contributed by atoms with van der Waals surface area (Å²) >= 11 is 0. The van der Waals surface area contributed by atoms with Gasteiger partial charge in [0.05, 0.1) is 23.6 Å². The molecule has 5 heteroatoms. The van der Waals surface area contributed by atoms with E-state index < -0.39 is 0 Å². The third-order valence-corrected chi connectivity index (χ3v) is 4.94. The smallest absolute Gasteiger partial charge is 0.0936 e. The topological polar surface area (TPSA) is 54.4 Å². The first-order valence-electron chi connectivity index (χ1n) is 10.4. The summed E-state index contributed by atoms with van der Waals surface area (Å²) in [6.07, 6.45) is 7.49. The maximum atomic E-state index is 4.50. The van der Waals surface area contributed by atoms with Gasteiger partial charge in [0.2, 0.25) is 0 Å². The fourth-order valence-electron chi connectivity index (χ4n) is 3.31. The minimum Gasteiger partial charge on any atom is -0.324 e. The van der Waals surface area contributed by atoms with Gasteiger partial charge < -0.3 is 4.57 Å². The van der Waals surface area contributed by atoms with Crippen molar-refractivity contribution in [2.24, 2.45) is 20.5 Å². The van der Waals surface area contributed by atoms with Gasteiger partial charge in [-0.05, 0) is 55.0 Å². The lowest BCUT2D eigenvalue weighted by Crippen LogP contribution is -1.87. The summed E-state index contributed by atoms with van der Waals surface area (Å²) in [5.74, 6) is 0. The minimum absolute atomic E-state index is 0.767. The van der Waals surface area contributed by atoms with Crippen molar-refractivity contribution in [2.75, 3.05) is 6.54 Å². The van der Waals surface area contributed by atoms with Gasteiger partial charge in [-0.15, -0.1) is 5.11 Å². The molecule has 0 bridgehead atoms. The molecule has 1 aromatic heterocycles. The van der Waals surface area contributed by atoms with Crippen LogP contribution in [0, 0.1) is 0 Å². The van der Waals surface area contributed by atoms with Crippen LogP contribution in [0.2, 0.25) is 0 Å². The van der Waals surface area contributed by atoms with Gasteiger partial charge in [0.1, 0.15) is 0 Å². The Bertz CT molecular complexity index is 1140. The van der Waals surface area contributed by atoms with Gasteiger partial charge in [0.15, 0.2) is 0 Å². The lowest BCUT2D eigenvalue weighted by Gasteiger charge is -2.05. The van der Waals surface area contributed by atoms with E-state index in [0.29, 0.717) is 0 Å². The Morgan fingerprint density at radius 1 is 0.667 bits per heavy atom. The lowest BCUT2D eigenvalue weighted by atomic mass is 10.1. The van der Waals surface area contributed by atoms with Gasteiger partial charge in [0, 0.05) is 28.9 Å². The molecule has 0 atom stereocenters. The number of benzene rings is 3. The molecule has 3 aromatic carbocycles. The van der Waals surface area contributed by atoms with Gasteiger partial charge >= 0.3 is 0 Å². The van der Waals surface area contributed by atoms with E-state index in [-0.39, 0.29) is 0 Å². The molecular formula is C25H25N5. The van der Waals surface area contributed by atoms with Crippen LogP contribution in [-0.4, -0.2) is 11.1 Å². The van der Waals surface area contributed by atoms with E-state index in [0.717, 1.165) is 46.5 Å². The molecule has 5 nitrogen and oxygen atoms in total. The maximum absolute atomic E-state index is 4.50. The van der Waals surface area contributed by atoms with Crippen LogP contribution in [0.3, 0.4) is 0 Å². The molecule has 0 unspecified atom stereocenters. The number of nitrogens with zero attached hydrogens (tertiary/aromatic N) is 5. The Hall–Kier alpha value is -3.60. The van der Waals surface area contributed by atoms with Gasteiger partial charge in [-0.25, -0.2) is 0 Å². The van der Waals surface area contributed by atoms with Crippen LogP contribution >= 0.6 is 0 Å². The molecule has 0 aliphatic rings. The van der Waals surface area contributed by atoms with Crippen molar-refractivity contribution in [3.8, 4) is 5.69 Å². The third-order valence-electron chi connectivity index (χ3n) is 4.94. The van der Waals surface area contributed by atoms with Crippen molar-refractivity contribution < 1.29 is 0 Å². The predicted molar refractivity (Wildman–Crippen MR) is 123 cm³/mol. The van der Waals surface area contributed by atoms with E-state index in [9.17, 15) is 0 Å². The monoisotopic (exact) mass is 395 g/mol. The maximum Gasteiger partial charge on any atom is 0.0936 e. The Labute approximate surface area is 176 Å². The van der Waals surface area contributed by atoms with Crippen LogP contribution in [0.25, 0.3) is 16.5 Å². The molecule has 4 aromatic rings. The van der Waals surface area contributed by atoms with Crippen LogP contribution in [0.1, 0.15) is 26.2 Å². The second-order valence-electron chi connectivity index (χ2n) is 7.13. The molecule has 0 aliphatic carbocycles. The summed E-state index contributed by atoms with van der Waals surface area (Å²) in [5, 5.41) is 19.8. The number of hydrogen-bond acceptors (Lipinski definition) is 4. The lowest BCUT2D eigenvalue weighted by molar-refractivity contribution is 0.713. The van der Waals surface area contributed by atoms with Crippen molar-refractivity contribution in [1.82, 2.24) is 4.57 Å². The molecule has 0 fully saturated rings. The zero-order valence-corrected chi connectivity index (χ0v) is 17.1. The van der Waals surface area contributed by atoms with Crippen LogP contribution in [0.5, 0.6) is 0 Å². The molecule has 0 saturated carbocycles.